The van der Waals surface area contributed by atoms with Gasteiger partial charge >= 0.3 is 0 Å². The molecule has 0 heterocycles. The number of hydrogen-bond donors (Lipinski definition) is 5. The molecule has 8 nitrogen and oxygen atoms in total. The molecule has 0 saturated heterocycles. The molecule has 2 unspecified atom stereocenters. The van der Waals surface area contributed by atoms with Gasteiger partial charge < -0.3 is 20.6 Å². The Hall–Kier alpha value is -0.740. The molecule has 4 aliphatic rings. The number of fused-ring (bicyclic) bond motifs is 5. The predicted molar refractivity (Wildman–Crippen MR) is 132 cm³/mol. The lowest BCUT2D eigenvalue weighted by Crippen LogP contribution is -2.58. The molecular formula is C26H45NO7S. The van der Waals surface area contributed by atoms with Crippen molar-refractivity contribution in [2.75, 3.05) is 12.3 Å². The van der Waals surface area contributed by atoms with Crippen LogP contribution < -0.4 is 5.32 Å². The molecule has 4 rings (SSSR count). The molecule has 0 bridgehead atoms. The van der Waals surface area contributed by atoms with Gasteiger partial charge in [0, 0.05) is 6.54 Å². The summed E-state index contributed by atoms with van der Waals surface area (Å²) in [5.74, 6) is 0.840. The molecule has 5 N–H and O–H groups in total. The largest absolute Gasteiger partial charge is 0.393 e. The van der Waals surface area contributed by atoms with Crippen molar-refractivity contribution in [1.29, 1.82) is 0 Å². The van der Waals surface area contributed by atoms with Gasteiger partial charge in [0.05, 0.1) is 18.0 Å². The van der Waals surface area contributed by atoms with E-state index in [2.05, 4.69) is 26.1 Å². The third-order valence-electron chi connectivity index (χ3n) is 11.0. The summed E-state index contributed by atoms with van der Waals surface area (Å²) in [6, 6.07) is 0. The molecule has 4 fully saturated rings. The highest BCUT2D eigenvalue weighted by atomic mass is 32.2. The monoisotopic (exact) mass is 515 g/mol. The molecule has 0 aromatic rings. The van der Waals surface area contributed by atoms with Gasteiger partial charge in [-0.15, -0.1) is 0 Å². The van der Waals surface area contributed by atoms with E-state index in [0.29, 0.717) is 30.1 Å². The van der Waals surface area contributed by atoms with E-state index in [4.69, 9.17) is 4.55 Å². The molecule has 0 radical (unpaired) electrons. The molecule has 0 aromatic heterocycles. The maximum Gasteiger partial charge on any atom is 0.266 e. The Kier molecular flexibility index (Phi) is 7.69. The number of carbonyl (C=O) groups is 1. The zero-order valence-electron chi connectivity index (χ0n) is 21.4. The highest BCUT2D eigenvalue weighted by Gasteiger charge is 2.62. The molecule has 4 aliphatic carbocycles. The minimum absolute atomic E-state index is 0.0557. The summed E-state index contributed by atoms with van der Waals surface area (Å²) in [4.78, 5) is 12.3. The molecule has 1 amide bonds. The topological polar surface area (TPSA) is 144 Å². The van der Waals surface area contributed by atoms with Crippen LogP contribution in [0.4, 0.5) is 0 Å². The van der Waals surface area contributed by atoms with E-state index < -0.39 is 27.9 Å². The number of rotatable bonds is 7. The van der Waals surface area contributed by atoms with Crippen molar-refractivity contribution in [1.82, 2.24) is 5.32 Å². The van der Waals surface area contributed by atoms with Gasteiger partial charge in [0.1, 0.15) is 6.10 Å². The lowest BCUT2D eigenvalue weighted by atomic mass is 9.43. The molecule has 0 aliphatic heterocycles. The molecule has 9 heteroatoms. The molecule has 202 valence electrons. The first-order valence-corrected chi connectivity index (χ1v) is 15.1. The zero-order valence-corrected chi connectivity index (χ0v) is 22.2. The quantitative estimate of drug-likeness (QED) is 0.327. The average molecular weight is 516 g/mol. The van der Waals surface area contributed by atoms with E-state index in [1.165, 1.54) is 0 Å². The maximum atomic E-state index is 12.3. The summed E-state index contributed by atoms with van der Waals surface area (Å²) in [5, 5.41) is 34.5. The number of nitrogens with one attached hydrogen (secondary N) is 1. The average Bonchev–Trinajstić information content (AvgIpc) is 3.11. The van der Waals surface area contributed by atoms with E-state index in [-0.39, 0.29) is 41.4 Å². The lowest BCUT2D eigenvalue weighted by molar-refractivity contribution is -0.174. The van der Waals surface area contributed by atoms with E-state index in [1.54, 1.807) is 0 Å². The first-order chi connectivity index (χ1) is 16.3. The van der Waals surface area contributed by atoms with Gasteiger partial charge in [0.25, 0.3) is 10.1 Å². The van der Waals surface area contributed by atoms with Crippen LogP contribution in [-0.2, 0) is 14.9 Å². The second-order valence-electron chi connectivity index (χ2n) is 12.8. The Morgan fingerprint density at radius 1 is 1.03 bits per heavy atom. The van der Waals surface area contributed by atoms with Crippen LogP contribution >= 0.6 is 0 Å². The van der Waals surface area contributed by atoms with E-state index >= 15 is 0 Å². The van der Waals surface area contributed by atoms with Crippen molar-refractivity contribution in [2.24, 2.45) is 46.3 Å². The minimum Gasteiger partial charge on any atom is -0.393 e. The van der Waals surface area contributed by atoms with Gasteiger partial charge in [-0.3, -0.25) is 9.35 Å². The minimum atomic E-state index is -4.16. The summed E-state index contributed by atoms with van der Waals surface area (Å²) in [7, 11) is -4.16. The van der Waals surface area contributed by atoms with Gasteiger partial charge in [-0.25, -0.2) is 0 Å². The zero-order chi connectivity index (χ0) is 25.8. The number of hydrogen-bond acceptors (Lipinski definition) is 6. The first kappa shape index (κ1) is 27.3. The molecule has 35 heavy (non-hydrogen) atoms. The molecular weight excluding hydrogens is 470 g/mol. The van der Waals surface area contributed by atoms with Gasteiger partial charge in [-0.2, -0.15) is 8.42 Å². The fourth-order valence-corrected chi connectivity index (χ4v) is 9.58. The Balaban J connectivity index is 1.42. The number of aliphatic hydroxyl groups excluding tert-OH is 3. The second-order valence-corrected chi connectivity index (χ2v) is 14.3. The molecule has 0 aromatic carbocycles. The van der Waals surface area contributed by atoms with Crippen LogP contribution in [0.3, 0.4) is 0 Å². The normalized spacial score (nSPS) is 45.1. The van der Waals surface area contributed by atoms with Crippen molar-refractivity contribution >= 4 is 16.0 Å². The fraction of sp³-hybridized carbons (Fsp3) is 0.962. The maximum absolute atomic E-state index is 12.3. The summed E-state index contributed by atoms with van der Waals surface area (Å²) in [6.45, 7) is 6.62. The van der Waals surface area contributed by atoms with Crippen molar-refractivity contribution in [3.8, 4) is 0 Å². The summed E-state index contributed by atoms with van der Waals surface area (Å²) in [5.41, 5.74) is 0.241. The summed E-state index contributed by atoms with van der Waals surface area (Å²) >= 11 is 0. The molecule has 0 spiro atoms. The van der Waals surface area contributed by atoms with E-state index in [0.717, 1.165) is 51.4 Å². The third-order valence-corrected chi connectivity index (χ3v) is 11.7. The van der Waals surface area contributed by atoms with Crippen molar-refractivity contribution in [3.63, 3.8) is 0 Å². The highest BCUT2D eigenvalue weighted by Crippen LogP contribution is 2.68. The molecule has 4 saturated carbocycles. The third kappa shape index (κ3) is 5.17. The second kappa shape index (κ2) is 9.86. The van der Waals surface area contributed by atoms with Crippen molar-refractivity contribution in [2.45, 2.75) is 96.9 Å². The number of aliphatic hydroxyl groups is 3. The van der Waals surface area contributed by atoms with Crippen LogP contribution in [-0.4, -0.2) is 64.8 Å². The fourth-order valence-electron chi connectivity index (χ4n) is 9.22. The predicted octanol–water partition coefficient (Wildman–Crippen LogP) is 2.37. The number of amides is 1. The Morgan fingerprint density at radius 2 is 1.69 bits per heavy atom. The Morgan fingerprint density at radius 3 is 2.37 bits per heavy atom. The van der Waals surface area contributed by atoms with E-state index in [1.807, 2.05) is 0 Å². The number of carbonyl (C=O) groups excluding carboxylic acids is 1. The van der Waals surface area contributed by atoms with Crippen LogP contribution in [0.15, 0.2) is 0 Å². The van der Waals surface area contributed by atoms with Gasteiger partial charge in [-0.05, 0) is 104 Å². The van der Waals surface area contributed by atoms with Crippen LogP contribution in [0.2, 0.25) is 0 Å². The lowest BCUT2D eigenvalue weighted by Gasteiger charge is -2.62. The van der Waals surface area contributed by atoms with Crippen LogP contribution in [0.25, 0.3) is 0 Å². The van der Waals surface area contributed by atoms with Crippen LogP contribution in [0.5, 0.6) is 0 Å². The van der Waals surface area contributed by atoms with Crippen LogP contribution in [0, 0.1) is 46.3 Å². The van der Waals surface area contributed by atoms with Gasteiger partial charge in [-0.1, -0.05) is 20.8 Å². The van der Waals surface area contributed by atoms with Crippen molar-refractivity contribution < 1.29 is 33.1 Å². The first-order valence-electron chi connectivity index (χ1n) is 13.5. The van der Waals surface area contributed by atoms with Gasteiger partial charge in [0.15, 0.2) is 0 Å². The standard InChI is InChI=1S/C26H45NO7S/c1-15(12-22(30)24(31)27-10-11-35(32,33)34)18-4-5-19-23-20(7-9-26(18,19)3)25(2)8-6-17(28)13-16(25)14-21(23)29/h15-23,28-30H,4-14H2,1-3H3,(H,27,31)(H,32,33,34)/t15-,16+,17-,18-,19+,20?,21-,22-,23?,25+,26-/m1/s1. The van der Waals surface area contributed by atoms with Crippen LogP contribution in [0.1, 0.15) is 78.6 Å². The summed E-state index contributed by atoms with van der Waals surface area (Å²) in [6.07, 6.45) is 6.25. The Labute approximate surface area is 210 Å². The van der Waals surface area contributed by atoms with Crippen molar-refractivity contribution in [3.05, 3.63) is 0 Å². The smallest absolute Gasteiger partial charge is 0.266 e. The van der Waals surface area contributed by atoms with Gasteiger partial charge in [0.2, 0.25) is 5.91 Å². The SMILES string of the molecule is C[C@H](C[C@@H](O)C(=O)NCCS(=O)(=O)O)[C@H]1CC[C@H]2C3C(CC[C@]12C)[C@@]1(C)CC[C@@H](O)C[C@H]1C[C@H]3O. The summed E-state index contributed by atoms with van der Waals surface area (Å²) < 4.78 is 30.5. The Bertz CT molecular complexity index is 896. The molecule has 11 atom stereocenters. The highest BCUT2D eigenvalue weighted by molar-refractivity contribution is 7.85. The van der Waals surface area contributed by atoms with E-state index in [9.17, 15) is 28.5 Å².